The number of halogens is 2. The van der Waals surface area contributed by atoms with Gasteiger partial charge in [0, 0.05) is 32.8 Å². The lowest BCUT2D eigenvalue weighted by atomic mass is 10.2. The minimum absolute atomic E-state index is 0.0351. The molecule has 1 atom stereocenters. The van der Waals surface area contributed by atoms with Crippen molar-refractivity contribution in [3.05, 3.63) is 0 Å². The van der Waals surface area contributed by atoms with Crippen molar-refractivity contribution in [2.24, 2.45) is 0 Å². The van der Waals surface area contributed by atoms with E-state index in [9.17, 15) is 9.59 Å². The van der Waals surface area contributed by atoms with E-state index in [1.165, 1.54) is 0 Å². The van der Waals surface area contributed by atoms with Crippen LogP contribution in [0.3, 0.4) is 0 Å². The number of alkyl halides is 2. The van der Waals surface area contributed by atoms with Crippen molar-refractivity contribution in [3.63, 3.8) is 0 Å². The molecular weight excluding hydrogens is 279 g/mol. The van der Waals surface area contributed by atoms with Gasteiger partial charge in [0.25, 0.3) is 11.8 Å². The van der Waals surface area contributed by atoms with Gasteiger partial charge in [-0.25, -0.2) is 0 Å². The van der Waals surface area contributed by atoms with Gasteiger partial charge in [0.2, 0.25) is 0 Å². The molecule has 2 fully saturated rings. The van der Waals surface area contributed by atoms with E-state index in [0.29, 0.717) is 32.8 Å². The van der Waals surface area contributed by atoms with Crippen molar-refractivity contribution in [2.75, 3.05) is 32.8 Å². The Morgan fingerprint density at radius 3 is 2.22 bits per heavy atom. The summed E-state index contributed by atoms with van der Waals surface area (Å²) in [6.07, 6.45) is 1.44. The number of piperazine rings is 1. The van der Waals surface area contributed by atoms with Gasteiger partial charge >= 0.3 is 0 Å². The predicted octanol–water partition coefficient (Wildman–Crippen LogP) is 0.640. The van der Waals surface area contributed by atoms with Crippen molar-refractivity contribution in [2.45, 2.75) is 23.8 Å². The van der Waals surface area contributed by atoms with Crippen LogP contribution in [-0.2, 0) is 14.3 Å². The van der Waals surface area contributed by atoms with Crippen molar-refractivity contribution in [3.8, 4) is 0 Å². The summed E-state index contributed by atoms with van der Waals surface area (Å²) in [6, 6.07) is 0. The summed E-state index contributed by atoms with van der Waals surface area (Å²) in [4.78, 5) is 25.9. The van der Waals surface area contributed by atoms with E-state index in [4.69, 9.17) is 27.9 Å². The minimum atomic E-state index is -1.02. The third-order valence-electron chi connectivity index (χ3n) is 3.29. The molecule has 0 aromatic carbocycles. The zero-order chi connectivity index (χ0) is 13.1. The van der Waals surface area contributed by atoms with Gasteiger partial charge < -0.3 is 14.5 Å². The average Bonchev–Trinajstić information content (AvgIpc) is 2.91. The SMILES string of the molecule is O=C(C(Cl)Cl)N1CCN(C(=O)C2CCCO2)CC1. The van der Waals surface area contributed by atoms with Crippen molar-refractivity contribution in [1.29, 1.82) is 0 Å². The average molecular weight is 295 g/mol. The largest absolute Gasteiger partial charge is 0.368 e. The number of hydrogen-bond donors (Lipinski definition) is 0. The molecule has 2 amide bonds. The maximum absolute atomic E-state index is 12.1. The molecule has 7 heteroatoms. The maximum Gasteiger partial charge on any atom is 0.255 e. The first kappa shape index (κ1) is 13.9. The van der Waals surface area contributed by atoms with Crippen LogP contribution in [0.4, 0.5) is 0 Å². The number of ether oxygens (including phenoxy) is 1. The Bertz CT molecular complexity index is 324. The van der Waals surface area contributed by atoms with Gasteiger partial charge in [-0.1, -0.05) is 23.2 Å². The third kappa shape index (κ3) is 3.08. The molecule has 18 heavy (non-hydrogen) atoms. The van der Waals surface area contributed by atoms with Gasteiger partial charge in [-0.2, -0.15) is 0 Å². The van der Waals surface area contributed by atoms with Gasteiger partial charge in [-0.3, -0.25) is 9.59 Å². The Balaban J connectivity index is 1.82. The number of rotatable bonds is 2. The molecule has 1 unspecified atom stereocenters. The van der Waals surface area contributed by atoms with Crippen molar-refractivity contribution >= 4 is 35.0 Å². The summed E-state index contributed by atoms with van der Waals surface area (Å²) in [5.41, 5.74) is 0. The first-order chi connectivity index (χ1) is 8.59. The molecule has 2 aliphatic heterocycles. The molecule has 0 aromatic heterocycles. The minimum Gasteiger partial charge on any atom is -0.368 e. The quantitative estimate of drug-likeness (QED) is 0.703. The van der Waals surface area contributed by atoms with Crippen LogP contribution < -0.4 is 0 Å². The van der Waals surface area contributed by atoms with E-state index >= 15 is 0 Å². The van der Waals surface area contributed by atoms with Crippen LogP contribution >= 0.6 is 23.2 Å². The van der Waals surface area contributed by atoms with E-state index < -0.39 is 4.84 Å². The molecule has 0 aliphatic carbocycles. The molecular formula is C11H16Cl2N2O3. The van der Waals surface area contributed by atoms with Crippen LogP contribution in [0.25, 0.3) is 0 Å². The summed E-state index contributed by atoms with van der Waals surface area (Å²) in [5.74, 6) is -0.254. The second kappa shape index (κ2) is 6.08. The van der Waals surface area contributed by atoms with E-state index in [-0.39, 0.29) is 17.9 Å². The molecule has 0 bridgehead atoms. The highest BCUT2D eigenvalue weighted by molar-refractivity contribution is 6.53. The number of hydrogen-bond acceptors (Lipinski definition) is 3. The summed E-state index contributed by atoms with van der Waals surface area (Å²) in [6.45, 7) is 2.66. The molecule has 2 saturated heterocycles. The van der Waals surface area contributed by atoms with E-state index in [1.807, 2.05) is 0 Å². The van der Waals surface area contributed by atoms with E-state index in [0.717, 1.165) is 12.8 Å². The maximum atomic E-state index is 12.1. The molecule has 0 aromatic rings. The highest BCUT2D eigenvalue weighted by atomic mass is 35.5. The summed E-state index contributed by atoms with van der Waals surface area (Å²) >= 11 is 11.1. The van der Waals surface area contributed by atoms with Crippen LogP contribution in [-0.4, -0.2) is 65.3 Å². The standard InChI is InChI=1S/C11H16Cl2N2O3/c12-9(13)11(17)15-5-3-14(4-6-15)10(16)8-2-1-7-18-8/h8-9H,1-7H2. The van der Waals surface area contributed by atoms with Gasteiger partial charge in [-0.15, -0.1) is 0 Å². The Hall–Kier alpha value is -0.520. The Kier molecular flexibility index (Phi) is 4.70. The van der Waals surface area contributed by atoms with Crippen molar-refractivity contribution in [1.82, 2.24) is 9.80 Å². The van der Waals surface area contributed by atoms with E-state index in [1.54, 1.807) is 9.80 Å². The third-order valence-corrected chi connectivity index (χ3v) is 3.67. The van der Waals surface area contributed by atoms with Crippen LogP contribution in [0.15, 0.2) is 0 Å². The van der Waals surface area contributed by atoms with Gasteiger partial charge in [0.15, 0.2) is 4.84 Å². The van der Waals surface area contributed by atoms with Gasteiger partial charge in [-0.05, 0) is 12.8 Å². The molecule has 0 spiro atoms. The first-order valence-electron chi connectivity index (χ1n) is 6.07. The topological polar surface area (TPSA) is 49.9 Å². The highest BCUT2D eigenvalue weighted by Crippen LogP contribution is 2.16. The zero-order valence-electron chi connectivity index (χ0n) is 9.98. The van der Waals surface area contributed by atoms with Crippen LogP contribution in [0, 0.1) is 0 Å². The molecule has 5 nitrogen and oxygen atoms in total. The lowest BCUT2D eigenvalue weighted by molar-refractivity contribution is -0.145. The number of amides is 2. The molecule has 2 heterocycles. The fourth-order valence-electron chi connectivity index (χ4n) is 2.26. The second-order valence-corrected chi connectivity index (χ2v) is 5.55. The Labute approximate surface area is 116 Å². The summed E-state index contributed by atoms with van der Waals surface area (Å²) < 4.78 is 5.37. The lowest BCUT2D eigenvalue weighted by Crippen LogP contribution is -2.53. The van der Waals surface area contributed by atoms with Crippen LogP contribution in [0.1, 0.15) is 12.8 Å². The molecule has 0 N–H and O–H groups in total. The second-order valence-electron chi connectivity index (χ2n) is 4.45. The molecule has 0 saturated carbocycles. The zero-order valence-corrected chi connectivity index (χ0v) is 11.5. The smallest absolute Gasteiger partial charge is 0.255 e. The number of carbonyl (C=O) groups is 2. The van der Waals surface area contributed by atoms with Gasteiger partial charge in [0.05, 0.1) is 0 Å². The molecule has 0 radical (unpaired) electrons. The molecule has 2 aliphatic rings. The fraction of sp³-hybridized carbons (Fsp3) is 0.818. The Morgan fingerprint density at radius 2 is 1.72 bits per heavy atom. The molecule has 2 rings (SSSR count). The van der Waals surface area contributed by atoms with Crippen LogP contribution in [0.2, 0.25) is 0 Å². The fourth-order valence-corrected chi connectivity index (χ4v) is 2.54. The van der Waals surface area contributed by atoms with Crippen LogP contribution in [0.5, 0.6) is 0 Å². The first-order valence-corrected chi connectivity index (χ1v) is 6.94. The monoisotopic (exact) mass is 294 g/mol. The van der Waals surface area contributed by atoms with E-state index in [2.05, 4.69) is 0 Å². The summed E-state index contributed by atoms with van der Waals surface area (Å²) in [7, 11) is 0. The summed E-state index contributed by atoms with van der Waals surface area (Å²) in [5, 5.41) is 0. The molecule has 102 valence electrons. The van der Waals surface area contributed by atoms with Gasteiger partial charge in [0.1, 0.15) is 6.10 Å². The Morgan fingerprint density at radius 1 is 1.11 bits per heavy atom. The number of carbonyl (C=O) groups excluding carboxylic acids is 2. The number of nitrogens with zero attached hydrogens (tertiary/aromatic N) is 2. The van der Waals surface area contributed by atoms with Crippen molar-refractivity contribution < 1.29 is 14.3 Å². The lowest BCUT2D eigenvalue weighted by Gasteiger charge is -2.35. The predicted molar refractivity (Wildman–Crippen MR) is 67.6 cm³/mol. The normalized spacial score (nSPS) is 24.7. The highest BCUT2D eigenvalue weighted by Gasteiger charge is 2.32.